The molecule has 1 heterocycles. The van der Waals surface area contributed by atoms with Crippen molar-refractivity contribution in [3.63, 3.8) is 0 Å². The number of hydrogen-bond acceptors (Lipinski definition) is 5. The molecule has 1 aliphatic rings. The lowest BCUT2D eigenvalue weighted by Crippen LogP contribution is -2.30. The zero-order valence-corrected chi connectivity index (χ0v) is 15.7. The van der Waals surface area contributed by atoms with Crippen LogP contribution in [0.2, 0.25) is 0 Å². The third-order valence-electron chi connectivity index (χ3n) is 4.10. The summed E-state index contributed by atoms with van der Waals surface area (Å²) in [5.74, 6) is -1.03. The number of halogens is 1. The van der Waals surface area contributed by atoms with E-state index >= 15 is 0 Å². The average molecular weight is 398 g/mol. The van der Waals surface area contributed by atoms with E-state index in [1.54, 1.807) is 37.3 Å². The Morgan fingerprint density at radius 2 is 1.86 bits per heavy atom. The highest BCUT2D eigenvalue weighted by Crippen LogP contribution is 2.19. The molecular weight excluding hydrogens is 379 g/mol. The van der Waals surface area contributed by atoms with E-state index in [0.717, 1.165) is 4.90 Å². The Hall–Kier alpha value is -3.68. The van der Waals surface area contributed by atoms with Gasteiger partial charge in [-0.1, -0.05) is 30.3 Å². The van der Waals surface area contributed by atoms with Crippen LogP contribution >= 0.6 is 0 Å². The van der Waals surface area contributed by atoms with Gasteiger partial charge in [0.05, 0.1) is 13.2 Å². The van der Waals surface area contributed by atoms with Crippen molar-refractivity contribution in [1.29, 1.82) is 0 Å². The molecule has 150 valence electrons. The second-order valence-electron chi connectivity index (χ2n) is 6.13. The minimum atomic E-state index is -0.612. The summed E-state index contributed by atoms with van der Waals surface area (Å²) in [7, 11) is 0. The van der Waals surface area contributed by atoms with Crippen molar-refractivity contribution in [1.82, 2.24) is 10.2 Å². The maximum Gasteiger partial charge on any atom is 0.344 e. The Morgan fingerprint density at radius 1 is 1.14 bits per heavy atom. The fourth-order valence-corrected chi connectivity index (χ4v) is 2.68. The molecular formula is C21H19FN2O5. The number of hydrogen-bond donors (Lipinski definition) is 1. The van der Waals surface area contributed by atoms with Crippen molar-refractivity contribution >= 4 is 24.0 Å². The van der Waals surface area contributed by atoms with Crippen molar-refractivity contribution in [2.45, 2.75) is 13.5 Å². The first kappa shape index (κ1) is 20.1. The molecule has 0 radical (unpaired) electrons. The SMILES string of the molecule is CCOC(=O)COc1ccc(/C=C2\NC(=O)N(Cc3ccccc3F)C2=O)cc1. The third kappa shape index (κ3) is 4.98. The van der Waals surface area contributed by atoms with E-state index in [1.165, 1.54) is 24.3 Å². The van der Waals surface area contributed by atoms with Gasteiger partial charge >= 0.3 is 12.0 Å². The van der Waals surface area contributed by atoms with Crippen LogP contribution in [0.1, 0.15) is 18.1 Å². The summed E-state index contributed by atoms with van der Waals surface area (Å²) >= 11 is 0. The van der Waals surface area contributed by atoms with Gasteiger partial charge in [0.2, 0.25) is 0 Å². The molecule has 1 saturated heterocycles. The first-order valence-corrected chi connectivity index (χ1v) is 8.94. The van der Waals surface area contributed by atoms with Crippen LogP contribution in [0.15, 0.2) is 54.2 Å². The van der Waals surface area contributed by atoms with Gasteiger partial charge in [-0.15, -0.1) is 0 Å². The van der Waals surface area contributed by atoms with Gasteiger partial charge in [-0.25, -0.2) is 14.0 Å². The Bertz CT molecular complexity index is 956. The standard InChI is InChI=1S/C21H19FN2O5/c1-2-28-19(25)13-29-16-9-7-14(8-10-16)11-18-20(26)24(21(27)23-18)12-15-5-3-4-6-17(15)22/h3-11H,2,12-13H2,1H3,(H,23,27)/b18-11-. The Morgan fingerprint density at radius 3 is 2.55 bits per heavy atom. The van der Waals surface area contributed by atoms with Crippen molar-refractivity contribution < 1.29 is 28.2 Å². The zero-order valence-electron chi connectivity index (χ0n) is 15.7. The molecule has 0 bridgehead atoms. The molecule has 2 aromatic carbocycles. The normalized spacial score (nSPS) is 14.8. The van der Waals surface area contributed by atoms with Crippen molar-refractivity contribution in [2.75, 3.05) is 13.2 Å². The molecule has 1 N–H and O–H groups in total. The number of rotatable bonds is 7. The van der Waals surface area contributed by atoms with E-state index in [9.17, 15) is 18.8 Å². The maximum atomic E-state index is 13.8. The molecule has 1 fully saturated rings. The summed E-state index contributed by atoms with van der Waals surface area (Å²) in [5, 5.41) is 2.49. The van der Waals surface area contributed by atoms with Crippen molar-refractivity contribution in [3.05, 3.63) is 71.2 Å². The molecule has 0 saturated carbocycles. The molecule has 3 rings (SSSR count). The first-order valence-electron chi connectivity index (χ1n) is 8.94. The lowest BCUT2D eigenvalue weighted by molar-refractivity contribution is -0.145. The zero-order chi connectivity index (χ0) is 20.8. The number of nitrogens with zero attached hydrogens (tertiary/aromatic N) is 1. The third-order valence-corrected chi connectivity index (χ3v) is 4.10. The Labute approximate surface area is 166 Å². The summed E-state index contributed by atoms with van der Waals surface area (Å²) in [6, 6.07) is 12.0. The first-order chi connectivity index (χ1) is 14.0. The van der Waals surface area contributed by atoms with Gasteiger partial charge in [-0.05, 0) is 36.8 Å². The van der Waals surface area contributed by atoms with Gasteiger partial charge in [-0.3, -0.25) is 9.69 Å². The predicted molar refractivity (Wildman–Crippen MR) is 102 cm³/mol. The van der Waals surface area contributed by atoms with Crippen LogP contribution in [0.4, 0.5) is 9.18 Å². The van der Waals surface area contributed by atoms with Gasteiger partial charge in [0, 0.05) is 5.56 Å². The highest BCUT2D eigenvalue weighted by Gasteiger charge is 2.33. The molecule has 0 spiro atoms. The van der Waals surface area contributed by atoms with Gasteiger partial charge in [-0.2, -0.15) is 0 Å². The average Bonchev–Trinajstić information content (AvgIpc) is 2.96. The van der Waals surface area contributed by atoms with Crippen LogP contribution in [0.3, 0.4) is 0 Å². The van der Waals surface area contributed by atoms with E-state index in [-0.39, 0.29) is 31.0 Å². The number of benzene rings is 2. The van der Waals surface area contributed by atoms with Gasteiger partial charge in [0.1, 0.15) is 17.3 Å². The van der Waals surface area contributed by atoms with Gasteiger partial charge < -0.3 is 14.8 Å². The molecule has 29 heavy (non-hydrogen) atoms. The van der Waals surface area contributed by atoms with Crippen molar-refractivity contribution in [2.24, 2.45) is 0 Å². The lowest BCUT2D eigenvalue weighted by Gasteiger charge is -2.12. The smallest absolute Gasteiger partial charge is 0.344 e. The highest BCUT2D eigenvalue weighted by molar-refractivity contribution is 6.13. The summed E-state index contributed by atoms with van der Waals surface area (Å²) < 4.78 is 23.9. The Kier molecular flexibility index (Phi) is 6.23. The van der Waals surface area contributed by atoms with Crippen LogP contribution in [0.25, 0.3) is 6.08 Å². The number of imide groups is 1. The molecule has 3 amide bonds. The number of nitrogens with one attached hydrogen (secondary N) is 1. The molecule has 0 aromatic heterocycles. The molecule has 0 unspecified atom stereocenters. The van der Waals surface area contributed by atoms with Gasteiger partial charge in [0.25, 0.3) is 5.91 Å². The quantitative estimate of drug-likeness (QED) is 0.440. The van der Waals surface area contributed by atoms with Crippen molar-refractivity contribution in [3.8, 4) is 5.75 Å². The molecule has 0 atom stereocenters. The summed E-state index contributed by atoms with van der Waals surface area (Å²) in [4.78, 5) is 36.9. The molecule has 2 aromatic rings. The number of amides is 3. The lowest BCUT2D eigenvalue weighted by atomic mass is 10.1. The summed E-state index contributed by atoms with van der Waals surface area (Å²) in [5.41, 5.74) is 0.983. The molecule has 0 aliphatic carbocycles. The monoisotopic (exact) mass is 398 g/mol. The molecule has 8 heteroatoms. The topological polar surface area (TPSA) is 84.9 Å². The number of carbonyl (C=O) groups is 3. The number of ether oxygens (including phenoxy) is 2. The van der Waals surface area contributed by atoms with Crippen LogP contribution in [-0.4, -0.2) is 36.0 Å². The minimum absolute atomic E-state index is 0.0894. The van der Waals surface area contributed by atoms with Crippen LogP contribution in [-0.2, 0) is 20.9 Å². The van der Waals surface area contributed by atoms with Crippen LogP contribution in [0, 0.1) is 5.82 Å². The summed E-state index contributed by atoms with van der Waals surface area (Å²) in [6.07, 6.45) is 1.51. The van der Waals surface area contributed by atoms with E-state index in [0.29, 0.717) is 11.3 Å². The molecule has 1 aliphatic heterocycles. The van der Waals surface area contributed by atoms with Gasteiger partial charge in [0.15, 0.2) is 6.61 Å². The fourth-order valence-electron chi connectivity index (χ4n) is 2.68. The second kappa shape index (κ2) is 9.01. The van der Waals surface area contributed by atoms with Crippen LogP contribution in [0.5, 0.6) is 5.75 Å². The molecule has 7 nitrogen and oxygen atoms in total. The van der Waals surface area contributed by atoms with E-state index in [1.807, 2.05) is 0 Å². The van der Waals surface area contributed by atoms with Crippen LogP contribution < -0.4 is 10.1 Å². The highest BCUT2D eigenvalue weighted by atomic mass is 19.1. The minimum Gasteiger partial charge on any atom is -0.482 e. The maximum absolute atomic E-state index is 13.8. The summed E-state index contributed by atoms with van der Waals surface area (Å²) in [6.45, 7) is 1.63. The fraction of sp³-hybridized carbons (Fsp3) is 0.190. The predicted octanol–water partition coefficient (Wildman–Crippen LogP) is 2.86. The number of esters is 1. The van der Waals surface area contributed by atoms with E-state index in [2.05, 4.69) is 5.32 Å². The second-order valence-corrected chi connectivity index (χ2v) is 6.13. The number of urea groups is 1. The number of carbonyl (C=O) groups excluding carboxylic acids is 3. The van der Waals surface area contributed by atoms with E-state index < -0.39 is 23.7 Å². The largest absolute Gasteiger partial charge is 0.482 e. The Balaban J connectivity index is 1.66. The van der Waals surface area contributed by atoms with E-state index in [4.69, 9.17) is 9.47 Å².